The van der Waals surface area contributed by atoms with Crippen LogP contribution < -0.4 is 10.1 Å². The van der Waals surface area contributed by atoms with Crippen LogP contribution in [0.1, 0.15) is 37.7 Å². The lowest BCUT2D eigenvalue weighted by atomic mass is 9.77. The lowest BCUT2D eigenvalue weighted by Gasteiger charge is -2.30. The fourth-order valence-electron chi connectivity index (χ4n) is 3.47. The van der Waals surface area contributed by atoms with Crippen molar-refractivity contribution in [2.75, 3.05) is 32.9 Å². The Bertz CT molecular complexity index is 440. The number of hydrogen-bond donors (Lipinski definition) is 1. The molecule has 1 N–H and O–H groups in total. The predicted molar refractivity (Wildman–Crippen MR) is 80.3 cm³/mol. The molecule has 2 unspecified atom stereocenters. The molecular weight excluding hydrogens is 250 g/mol. The smallest absolute Gasteiger partial charge is 0.122 e. The normalized spacial score (nSPS) is 28.4. The van der Waals surface area contributed by atoms with Crippen molar-refractivity contribution in [1.82, 2.24) is 5.32 Å². The molecule has 2 heterocycles. The lowest BCUT2D eigenvalue weighted by Crippen LogP contribution is -2.36. The summed E-state index contributed by atoms with van der Waals surface area (Å²) in [5.41, 5.74) is 1.68. The highest BCUT2D eigenvalue weighted by molar-refractivity contribution is 5.39. The van der Waals surface area contributed by atoms with E-state index in [1.165, 1.54) is 24.8 Å². The third-order valence-corrected chi connectivity index (χ3v) is 4.59. The van der Waals surface area contributed by atoms with Gasteiger partial charge in [-0.05, 0) is 31.9 Å². The van der Waals surface area contributed by atoms with E-state index in [4.69, 9.17) is 9.47 Å². The van der Waals surface area contributed by atoms with Gasteiger partial charge in [-0.3, -0.25) is 0 Å². The fourth-order valence-corrected chi connectivity index (χ4v) is 3.47. The molecule has 1 fully saturated rings. The van der Waals surface area contributed by atoms with Crippen LogP contribution in [0.2, 0.25) is 0 Å². The molecule has 3 nitrogen and oxygen atoms in total. The average molecular weight is 275 g/mol. The highest BCUT2D eigenvalue weighted by Gasteiger charge is 2.39. The fraction of sp³-hybridized carbons (Fsp3) is 0.647. The third kappa shape index (κ3) is 2.84. The minimum Gasteiger partial charge on any atom is -0.493 e. The first-order chi connectivity index (χ1) is 9.83. The molecule has 0 aromatic heterocycles. The molecule has 0 aliphatic carbocycles. The van der Waals surface area contributed by atoms with Crippen molar-refractivity contribution >= 4 is 0 Å². The van der Waals surface area contributed by atoms with E-state index in [2.05, 4.69) is 36.5 Å². The van der Waals surface area contributed by atoms with E-state index < -0.39 is 0 Å². The molecule has 2 aliphatic heterocycles. The molecule has 1 saturated heterocycles. The monoisotopic (exact) mass is 275 g/mol. The van der Waals surface area contributed by atoms with Gasteiger partial charge in [-0.2, -0.15) is 0 Å². The van der Waals surface area contributed by atoms with Gasteiger partial charge < -0.3 is 14.8 Å². The van der Waals surface area contributed by atoms with E-state index in [-0.39, 0.29) is 0 Å². The SMILES string of the molecule is CCCNCC1(CC2COc3ccccc32)CCOC1. The number of ether oxygens (including phenoxy) is 2. The van der Waals surface area contributed by atoms with Crippen molar-refractivity contribution in [1.29, 1.82) is 0 Å². The second-order valence-electron chi connectivity index (χ2n) is 6.23. The maximum Gasteiger partial charge on any atom is 0.122 e. The topological polar surface area (TPSA) is 30.5 Å². The van der Waals surface area contributed by atoms with Crippen LogP contribution in [0.3, 0.4) is 0 Å². The molecule has 2 aliphatic rings. The highest BCUT2D eigenvalue weighted by atomic mass is 16.5. The Morgan fingerprint density at radius 3 is 3.05 bits per heavy atom. The number of rotatable bonds is 6. The van der Waals surface area contributed by atoms with Crippen molar-refractivity contribution in [3.63, 3.8) is 0 Å². The van der Waals surface area contributed by atoms with Gasteiger partial charge in [0.1, 0.15) is 5.75 Å². The molecule has 0 saturated carbocycles. The van der Waals surface area contributed by atoms with Crippen LogP contribution in [-0.4, -0.2) is 32.9 Å². The van der Waals surface area contributed by atoms with E-state index in [0.717, 1.165) is 38.7 Å². The average Bonchev–Trinajstić information content (AvgIpc) is 3.08. The first-order valence-electron chi connectivity index (χ1n) is 7.83. The molecule has 0 amide bonds. The summed E-state index contributed by atoms with van der Waals surface area (Å²) in [6.07, 6.45) is 3.52. The van der Waals surface area contributed by atoms with Gasteiger partial charge in [-0.1, -0.05) is 25.1 Å². The van der Waals surface area contributed by atoms with Crippen molar-refractivity contribution in [3.05, 3.63) is 29.8 Å². The van der Waals surface area contributed by atoms with E-state index in [0.29, 0.717) is 11.3 Å². The zero-order valence-corrected chi connectivity index (χ0v) is 12.4. The largest absolute Gasteiger partial charge is 0.493 e. The lowest BCUT2D eigenvalue weighted by molar-refractivity contribution is 0.135. The van der Waals surface area contributed by atoms with Crippen LogP contribution in [0.4, 0.5) is 0 Å². The van der Waals surface area contributed by atoms with Gasteiger partial charge in [-0.15, -0.1) is 0 Å². The minimum atomic E-state index is 0.292. The Morgan fingerprint density at radius 1 is 1.35 bits per heavy atom. The van der Waals surface area contributed by atoms with Crippen molar-refractivity contribution in [2.24, 2.45) is 5.41 Å². The van der Waals surface area contributed by atoms with Gasteiger partial charge in [0, 0.05) is 30.0 Å². The van der Waals surface area contributed by atoms with Crippen LogP contribution in [0.25, 0.3) is 0 Å². The molecule has 0 radical (unpaired) electrons. The second-order valence-corrected chi connectivity index (χ2v) is 6.23. The number of hydrogen-bond acceptors (Lipinski definition) is 3. The van der Waals surface area contributed by atoms with Crippen molar-refractivity contribution < 1.29 is 9.47 Å². The summed E-state index contributed by atoms with van der Waals surface area (Å²) < 4.78 is 11.5. The summed E-state index contributed by atoms with van der Waals surface area (Å²) in [6, 6.07) is 8.48. The molecular formula is C17H25NO2. The summed E-state index contributed by atoms with van der Waals surface area (Å²) in [6.45, 7) is 7.01. The molecule has 0 bridgehead atoms. The van der Waals surface area contributed by atoms with Crippen LogP contribution in [0.5, 0.6) is 5.75 Å². The Kier molecular flexibility index (Phi) is 4.27. The maximum atomic E-state index is 5.83. The van der Waals surface area contributed by atoms with Crippen molar-refractivity contribution in [2.45, 2.75) is 32.1 Å². The summed E-state index contributed by atoms with van der Waals surface area (Å²) in [5, 5.41) is 3.59. The van der Waals surface area contributed by atoms with E-state index in [9.17, 15) is 0 Å². The molecule has 3 heteroatoms. The zero-order chi connectivity index (χ0) is 13.8. The van der Waals surface area contributed by atoms with Gasteiger partial charge in [0.25, 0.3) is 0 Å². The molecule has 0 spiro atoms. The van der Waals surface area contributed by atoms with Gasteiger partial charge in [-0.25, -0.2) is 0 Å². The Morgan fingerprint density at radius 2 is 2.25 bits per heavy atom. The third-order valence-electron chi connectivity index (χ3n) is 4.59. The first kappa shape index (κ1) is 13.9. The summed E-state index contributed by atoms with van der Waals surface area (Å²) >= 11 is 0. The number of nitrogens with one attached hydrogen (secondary N) is 1. The van der Waals surface area contributed by atoms with E-state index in [1.807, 2.05) is 0 Å². The highest BCUT2D eigenvalue weighted by Crippen LogP contribution is 2.43. The molecule has 20 heavy (non-hydrogen) atoms. The first-order valence-corrected chi connectivity index (χ1v) is 7.83. The molecule has 110 valence electrons. The van der Waals surface area contributed by atoms with Crippen LogP contribution in [0.15, 0.2) is 24.3 Å². The Labute approximate surface area is 121 Å². The number of fused-ring (bicyclic) bond motifs is 1. The summed E-state index contributed by atoms with van der Waals surface area (Å²) in [5.74, 6) is 1.60. The quantitative estimate of drug-likeness (QED) is 0.810. The Hall–Kier alpha value is -1.06. The van der Waals surface area contributed by atoms with Crippen LogP contribution in [0, 0.1) is 5.41 Å². The molecule has 1 aromatic carbocycles. The van der Waals surface area contributed by atoms with Gasteiger partial charge >= 0.3 is 0 Å². The van der Waals surface area contributed by atoms with Crippen LogP contribution >= 0.6 is 0 Å². The maximum absolute atomic E-state index is 5.83. The van der Waals surface area contributed by atoms with Crippen molar-refractivity contribution in [3.8, 4) is 5.75 Å². The van der Waals surface area contributed by atoms with Gasteiger partial charge in [0.2, 0.25) is 0 Å². The zero-order valence-electron chi connectivity index (χ0n) is 12.4. The molecule has 3 rings (SSSR count). The molecule has 2 atom stereocenters. The molecule has 1 aromatic rings. The number of benzene rings is 1. The van der Waals surface area contributed by atoms with E-state index >= 15 is 0 Å². The van der Waals surface area contributed by atoms with Gasteiger partial charge in [0.05, 0.1) is 13.2 Å². The van der Waals surface area contributed by atoms with Crippen LogP contribution in [-0.2, 0) is 4.74 Å². The number of para-hydroxylation sites is 1. The standard InChI is InChI=1S/C17H25NO2/c1-2-8-18-12-17(7-9-19-13-17)10-14-11-20-16-6-4-3-5-15(14)16/h3-6,14,18H,2,7-13H2,1H3. The van der Waals surface area contributed by atoms with Gasteiger partial charge in [0.15, 0.2) is 0 Å². The summed E-state index contributed by atoms with van der Waals surface area (Å²) in [7, 11) is 0. The second kappa shape index (κ2) is 6.15. The Balaban J connectivity index is 1.68. The predicted octanol–water partition coefficient (Wildman–Crippen LogP) is 2.96. The minimum absolute atomic E-state index is 0.292. The summed E-state index contributed by atoms with van der Waals surface area (Å²) in [4.78, 5) is 0. The van der Waals surface area contributed by atoms with E-state index in [1.54, 1.807) is 0 Å².